The smallest absolute Gasteiger partial charge is 0.399 e. The Morgan fingerprint density at radius 2 is 1.96 bits per heavy atom. The van der Waals surface area contributed by atoms with Gasteiger partial charge >= 0.3 is 7.12 Å². The van der Waals surface area contributed by atoms with Gasteiger partial charge in [0.15, 0.2) is 0 Å². The Morgan fingerprint density at radius 1 is 1.30 bits per heavy atom. The minimum absolute atomic E-state index is 0.377. The molecule has 124 valence electrons. The van der Waals surface area contributed by atoms with E-state index in [1.54, 1.807) is 29.4 Å². The van der Waals surface area contributed by atoms with Gasteiger partial charge < -0.3 is 9.31 Å². The molecular weight excluding hydrogens is 313 g/mol. The zero-order chi connectivity index (χ0) is 16.9. The summed E-state index contributed by atoms with van der Waals surface area (Å²) in [6, 6.07) is 0. The SMILES string of the molecule is CN=S1(=O)C=CC(n2cc(B3OC(C)(C)C(C)(C)O3)cn2)=CC1. The molecule has 0 radical (unpaired) electrons. The molecule has 0 amide bonds. The van der Waals surface area contributed by atoms with Crippen LogP contribution in [0.4, 0.5) is 0 Å². The molecule has 3 rings (SSSR count). The van der Waals surface area contributed by atoms with Crippen LogP contribution in [0.25, 0.3) is 5.70 Å². The molecule has 1 aromatic rings. The molecule has 0 aromatic carbocycles. The standard InChI is InChI=1S/C15H22BN3O3S/c1-14(2)15(3,4)22-16(21-14)12-10-18-19(11-12)13-6-8-23(20,17-5)9-7-13/h6-8,10-11H,9H2,1-5H3. The van der Waals surface area contributed by atoms with E-state index in [-0.39, 0.29) is 11.2 Å². The van der Waals surface area contributed by atoms with Gasteiger partial charge in [-0.05, 0) is 39.8 Å². The number of hydrogen-bond acceptors (Lipinski definition) is 5. The normalized spacial score (nSPS) is 28.7. The lowest BCUT2D eigenvalue weighted by Gasteiger charge is -2.32. The van der Waals surface area contributed by atoms with E-state index in [4.69, 9.17) is 9.31 Å². The maximum absolute atomic E-state index is 12.1. The fourth-order valence-electron chi connectivity index (χ4n) is 2.39. The van der Waals surface area contributed by atoms with E-state index in [1.807, 2.05) is 40.0 Å². The van der Waals surface area contributed by atoms with Crippen molar-refractivity contribution in [3.63, 3.8) is 0 Å². The number of rotatable bonds is 2. The van der Waals surface area contributed by atoms with Crippen LogP contribution in [0.5, 0.6) is 0 Å². The van der Waals surface area contributed by atoms with Crippen LogP contribution in [0.3, 0.4) is 0 Å². The minimum atomic E-state index is -2.23. The van der Waals surface area contributed by atoms with Crippen LogP contribution in [0.1, 0.15) is 27.7 Å². The van der Waals surface area contributed by atoms with Crippen LogP contribution in [0.15, 0.2) is 34.3 Å². The predicted octanol–water partition coefficient (Wildman–Crippen LogP) is 1.65. The second kappa shape index (κ2) is 5.32. The second-order valence-corrected chi connectivity index (χ2v) is 9.13. The van der Waals surface area contributed by atoms with Gasteiger partial charge in [-0.25, -0.2) is 13.3 Å². The van der Waals surface area contributed by atoms with Gasteiger partial charge in [0.25, 0.3) is 0 Å². The molecule has 2 aliphatic rings. The van der Waals surface area contributed by atoms with Gasteiger partial charge in [-0.1, -0.05) is 0 Å². The molecule has 23 heavy (non-hydrogen) atoms. The molecule has 1 atom stereocenters. The monoisotopic (exact) mass is 335 g/mol. The molecule has 1 saturated heterocycles. The quantitative estimate of drug-likeness (QED) is 0.771. The van der Waals surface area contributed by atoms with Gasteiger partial charge in [0.05, 0.1) is 32.4 Å². The fraction of sp³-hybridized carbons (Fsp3) is 0.533. The summed E-state index contributed by atoms with van der Waals surface area (Å²) in [6.45, 7) is 8.09. The molecule has 1 unspecified atom stereocenters. The highest BCUT2D eigenvalue weighted by Crippen LogP contribution is 2.36. The zero-order valence-electron chi connectivity index (χ0n) is 14.1. The Morgan fingerprint density at radius 3 is 2.48 bits per heavy atom. The summed E-state index contributed by atoms with van der Waals surface area (Å²) in [5.74, 6) is 0.404. The highest BCUT2D eigenvalue weighted by molar-refractivity contribution is 7.96. The van der Waals surface area contributed by atoms with Gasteiger partial charge in [0.2, 0.25) is 0 Å². The van der Waals surface area contributed by atoms with Crippen LogP contribution in [0, 0.1) is 0 Å². The predicted molar refractivity (Wildman–Crippen MR) is 92.7 cm³/mol. The number of hydrogen-bond donors (Lipinski definition) is 0. The molecular formula is C15H22BN3O3S. The van der Waals surface area contributed by atoms with Crippen molar-refractivity contribution in [1.82, 2.24) is 9.78 Å². The van der Waals surface area contributed by atoms with Crippen molar-refractivity contribution in [2.24, 2.45) is 4.36 Å². The Bertz CT molecular complexity index is 785. The lowest BCUT2D eigenvalue weighted by Crippen LogP contribution is -2.41. The highest BCUT2D eigenvalue weighted by Gasteiger charge is 2.52. The van der Waals surface area contributed by atoms with Crippen molar-refractivity contribution < 1.29 is 13.5 Å². The van der Waals surface area contributed by atoms with Gasteiger partial charge in [-0.3, -0.25) is 0 Å². The first kappa shape index (κ1) is 16.5. The van der Waals surface area contributed by atoms with Crippen molar-refractivity contribution >= 4 is 28.0 Å². The van der Waals surface area contributed by atoms with Crippen molar-refractivity contribution in [3.8, 4) is 0 Å². The summed E-state index contributed by atoms with van der Waals surface area (Å²) in [4.78, 5) is 0. The Labute approximate surface area is 137 Å². The summed E-state index contributed by atoms with van der Waals surface area (Å²) in [7, 11) is -1.09. The number of aromatic nitrogens is 2. The number of nitrogens with zero attached hydrogens (tertiary/aromatic N) is 3. The van der Waals surface area contributed by atoms with E-state index in [0.29, 0.717) is 5.75 Å². The van der Waals surface area contributed by atoms with Gasteiger partial charge in [-0.2, -0.15) is 5.10 Å². The maximum atomic E-state index is 12.1. The molecule has 0 saturated carbocycles. The van der Waals surface area contributed by atoms with Crippen molar-refractivity contribution in [2.45, 2.75) is 38.9 Å². The van der Waals surface area contributed by atoms with Gasteiger partial charge in [0.1, 0.15) is 0 Å². The lowest BCUT2D eigenvalue weighted by atomic mass is 9.82. The summed E-state index contributed by atoms with van der Waals surface area (Å²) < 4.78 is 29.9. The summed E-state index contributed by atoms with van der Waals surface area (Å²) in [5.41, 5.74) is 0.982. The molecule has 0 N–H and O–H groups in total. The molecule has 1 fully saturated rings. The average molecular weight is 335 g/mol. The Kier molecular flexibility index (Phi) is 3.82. The number of allylic oxidation sites excluding steroid dienone is 2. The molecule has 8 heteroatoms. The average Bonchev–Trinajstić information content (AvgIpc) is 3.03. The Hall–Kier alpha value is -1.38. The molecule has 3 heterocycles. The fourth-order valence-corrected chi connectivity index (χ4v) is 3.53. The van der Waals surface area contributed by atoms with E-state index < -0.39 is 16.8 Å². The third-order valence-corrected chi connectivity index (χ3v) is 6.51. The molecule has 0 spiro atoms. The van der Waals surface area contributed by atoms with Crippen LogP contribution >= 0.6 is 0 Å². The van der Waals surface area contributed by atoms with Crippen LogP contribution in [0.2, 0.25) is 0 Å². The molecule has 0 bridgehead atoms. The third-order valence-electron chi connectivity index (χ3n) is 4.68. The largest absolute Gasteiger partial charge is 0.498 e. The van der Waals surface area contributed by atoms with Crippen molar-refractivity contribution in [2.75, 3.05) is 12.8 Å². The topological polar surface area (TPSA) is 65.7 Å². The molecule has 6 nitrogen and oxygen atoms in total. The summed E-state index contributed by atoms with van der Waals surface area (Å²) >= 11 is 0. The van der Waals surface area contributed by atoms with Crippen LogP contribution < -0.4 is 5.46 Å². The molecule has 0 aliphatic carbocycles. The van der Waals surface area contributed by atoms with E-state index in [0.717, 1.165) is 11.2 Å². The van der Waals surface area contributed by atoms with Crippen LogP contribution in [-0.4, -0.2) is 45.1 Å². The summed E-state index contributed by atoms with van der Waals surface area (Å²) in [6.07, 6.45) is 7.30. The summed E-state index contributed by atoms with van der Waals surface area (Å²) in [5, 5.41) is 6.02. The Balaban J connectivity index is 1.81. The molecule has 2 aliphatic heterocycles. The van der Waals surface area contributed by atoms with E-state index in [2.05, 4.69) is 9.46 Å². The van der Waals surface area contributed by atoms with E-state index in [1.165, 1.54) is 0 Å². The van der Waals surface area contributed by atoms with Crippen molar-refractivity contribution in [3.05, 3.63) is 30.0 Å². The first-order valence-electron chi connectivity index (χ1n) is 7.58. The third kappa shape index (κ3) is 2.91. The van der Waals surface area contributed by atoms with E-state index in [9.17, 15) is 4.21 Å². The zero-order valence-corrected chi connectivity index (χ0v) is 15.0. The van der Waals surface area contributed by atoms with E-state index >= 15 is 0 Å². The second-order valence-electron chi connectivity index (χ2n) is 6.78. The minimum Gasteiger partial charge on any atom is -0.399 e. The van der Waals surface area contributed by atoms with Crippen LogP contribution in [-0.2, 0) is 19.0 Å². The van der Waals surface area contributed by atoms with Gasteiger partial charge in [0, 0.05) is 30.3 Å². The first-order valence-corrected chi connectivity index (χ1v) is 9.32. The highest BCUT2D eigenvalue weighted by atomic mass is 32.2. The maximum Gasteiger partial charge on any atom is 0.498 e. The van der Waals surface area contributed by atoms with Crippen molar-refractivity contribution in [1.29, 1.82) is 0 Å². The van der Waals surface area contributed by atoms with Gasteiger partial charge in [-0.15, -0.1) is 0 Å². The molecule has 1 aromatic heterocycles. The first-order chi connectivity index (χ1) is 10.7. The lowest BCUT2D eigenvalue weighted by molar-refractivity contribution is 0.00578.